The first-order valence-electron chi connectivity index (χ1n) is 13.6. The number of nitriles is 1. The molecule has 1 amide bonds. The van der Waals surface area contributed by atoms with Crippen molar-refractivity contribution in [1.82, 2.24) is 14.5 Å². The Balaban J connectivity index is 1.57. The maximum absolute atomic E-state index is 13.8. The number of anilines is 1. The van der Waals surface area contributed by atoms with Gasteiger partial charge in [-0.05, 0) is 61.8 Å². The Morgan fingerprint density at radius 3 is 2.39 bits per heavy atom. The summed E-state index contributed by atoms with van der Waals surface area (Å²) in [4.78, 5) is 35.0. The van der Waals surface area contributed by atoms with Gasteiger partial charge in [0.15, 0.2) is 14.1 Å². The number of pyridine rings is 2. The van der Waals surface area contributed by atoms with Crippen LogP contribution in [0.5, 0.6) is 0 Å². The quantitative estimate of drug-likeness (QED) is 0.183. The van der Waals surface area contributed by atoms with Gasteiger partial charge >= 0.3 is 0 Å². The van der Waals surface area contributed by atoms with Gasteiger partial charge in [0.25, 0.3) is 0 Å². The fourth-order valence-electron chi connectivity index (χ4n) is 4.27. The van der Waals surface area contributed by atoms with Gasteiger partial charge in [0.2, 0.25) is 5.91 Å². The Labute approximate surface area is 242 Å². The van der Waals surface area contributed by atoms with E-state index < -0.39 is 13.9 Å². The van der Waals surface area contributed by atoms with Crippen molar-refractivity contribution < 1.29 is 14.0 Å². The molecule has 3 heterocycles. The first-order valence-corrected chi connectivity index (χ1v) is 16.5. The summed E-state index contributed by atoms with van der Waals surface area (Å²) in [6.07, 6.45) is 8.46. The van der Waals surface area contributed by atoms with E-state index in [1.54, 1.807) is 42.7 Å². The number of nitrogens with zero attached hydrogens (tertiary/aromatic N) is 4. The molecule has 3 aromatic heterocycles. The average Bonchev–Trinajstić information content (AvgIpc) is 3.32. The van der Waals surface area contributed by atoms with Crippen LogP contribution in [-0.2, 0) is 21.2 Å². The molecule has 0 aliphatic rings. The molecule has 41 heavy (non-hydrogen) atoms. The van der Waals surface area contributed by atoms with E-state index in [0.29, 0.717) is 29.0 Å². The highest BCUT2D eigenvalue weighted by Gasteiger charge is 2.39. The van der Waals surface area contributed by atoms with Crippen LogP contribution in [0.25, 0.3) is 10.9 Å². The monoisotopic (exact) mass is 567 g/mol. The zero-order valence-corrected chi connectivity index (χ0v) is 25.8. The van der Waals surface area contributed by atoms with Gasteiger partial charge in [-0.1, -0.05) is 32.9 Å². The lowest BCUT2D eigenvalue weighted by Crippen LogP contribution is -2.45. The highest BCUT2D eigenvalue weighted by atomic mass is 28.4. The molecule has 0 atom stereocenters. The number of aromatic nitrogens is 3. The van der Waals surface area contributed by atoms with Crippen LogP contribution in [0.2, 0.25) is 18.1 Å². The van der Waals surface area contributed by atoms with Crippen molar-refractivity contribution in [2.24, 2.45) is 0 Å². The summed E-state index contributed by atoms with van der Waals surface area (Å²) < 4.78 is 8.67. The summed E-state index contributed by atoms with van der Waals surface area (Å²) in [7, 11) is -1.98. The van der Waals surface area contributed by atoms with Crippen LogP contribution in [-0.4, -0.2) is 41.1 Å². The van der Waals surface area contributed by atoms with Crippen LogP contribution < -0.4 is 5.32 Å². The molecule has 4 rings (SSSR count). The molecule has 9 heteroatoms. The zero-order chi connectivity index (χ0) is 30.0. The van der Waals surface area contributed by atoms with Crippen molar-refractivity contribution in [3.8, 4) is 6.07 Å². The van der Waals surface area contributed by atoms with E-state index in [9.17, 15) is 9.59 Å². The molecule has 8 nitrogen and oxygen atoms in total. The van der Waals surface area contributed by atoms with Gasteiger partial charge < -0.3 is 14.3 Å². The Morgan fingerprint density at radius 2 is 1.73 bits per heavy atom. The second-order valence-electron chi connectivity index (χ2n) is 12.5. The summed E-state index contributed by atoms with van der Waals surface area (Å²) in [6.45, 7) is 15.9. The molecule has 0 spiro atoms. The van der Waals surface area contributed by atoms with Crippen molar-refractivity contribution in [2.45, 2.75) is 64.7 Å². The molecule has 0 aliphatic heterocycles. The second kappa shape index (κ2) is 11.4. The smallest absolute Gasteiger partial charge is 0.228 e. The molecular formula is C32H37N5O3Si. The maximum Gasteiger partial charge on any atom is 0.228 e. The van der Waals surface area contributed by atoms with Gasteiger partial charge in [0.1, 0.15) is 0 Å². The number of rotatable bonds is 9. The minimum atomic E-state index is -1.98. The highest BCUT2D eigenvalue weighted by molar-refractivity contribution is 6.74. The molecule has 0 saturated carbocycles. The van der Waals surface area contributed by atoms with Crippen LogP contribution in [0.15, 0.2) is 67.4 Å². The molecule has 1 aromatic carbocycles. The van der Waals surface area contributed by atoms with E-state index >= 15 is 0 Å². The minimum absolute atomic E-state index is 0.0857. The zero-order valence-electron chi connectivity index (χ0n) is 24.8. The van der Waals surface area contributed by atoms with Crippen molar-refractivity contribution in [3.05, 3.63) is 89.6 Å². The number of hydrogen-bond acceptors (Lipinski definition) is 6. The second-order valence-corrected chi connectivity index (χ2v) is 17.3. The molecule has 212 valence electrons. The molecule has 0 fully saturated rings. The predicted molar refractivity (Wildman–Crippen MR) is 163 cm³/mol. The SMILES string of the molecule is CC(C)(CO[Si](C)(C)C(C)(C)C)n1cc(C(=O)c2cncc(NC(=O)Cc3ccc(C#N)cc3)c2)c2cnccc21. The largest absolute Gasteiger partial charge is 0.414 e. The number of ketones is 1. The Morgan fingerprint density at radius 1 is 1.02 bits per heavy atom. The summed E-state index contributed by atoms with van der Waals surface area (Å²) in [5.74, 6) is -0.455. The first-order chi connectivity index (χ1) is 19.2. The molecule has 0 radical (unpaired) electrons. The Hall–Kier alpha value is -4.13. The molecular weight excluding hydrogens is 530 g/mol. The number of fused-ring (bicyclic) bond motifs is 1. The van der Waals surface area contributed by atoms with Crippen molar-refractivity contribution in [1.29, 1.82) is 5.26 Å². The van der Waals surface area contributed by atoms with E-state index in [-0.39, 0.29) is 23.1 Å². The van der Waals surface area contributed by atoms with E-state index in [1.165, 1.54) is 12.4 Å². The third-order valence-electron chi connectivity index (χ3n) is 7.83. The molecule has 0 unspecified atom stereocenters. The lowest BCUT2D eigenvalue weighted by molar-refractivity contribution is -0.115. The lowest BCUT2D eigenvalue weighted by atomic mass is 10.0. The van der Waals surface area contributed by atoms with Gasteiger partial charge in [0, 0.05) is 41.3 Å². The highest BCUT2D eigenvalue weighted by Crippen LogP contribution is 2.38. The summed E-state index contributed by atoms with van der Waals surface area (Å²) in [5, 5.41) is 12.6. The predicted octanol–water partition coefficient (Wildman–Crippen LogP) is 6.47. The van der Waals surface area contributed by atoms with Crippen LogP contribution in [0.3, 0.4) is 0 Å². The molecule has 4 aromatic rings. The van der Waals surface area contributed by atoms with Crippen LogP contribution in [0, 0.1) is 11.3 Å². The number of amides is 1. The Bertz CT molecular complexity index is 1630. The number of benzene rings is 1. The van der Waals surface area contributed by atoms with E-state index in [1.807, 2.05) is 12.3 Å². The molecule has 0 saturated heterocycles. The lowest BCUT2D eigenvalue weighted by Gasteiger charge is -2.39. The van der Waals surface area contributed by atoms with Gasteiger partial charge in [-0.2, -0.15) is 5.26 Å². The van der Waals surface area contributed by atoms with Gasteiger partial charge in [-0.3, -0.25) is 19.6 Å². The number of hydrogen-bond donors (Lipinski definition) is 1. The fourth-order valence-corrected chi connectivity index (χ4v) is 5.42. The third kappa shape index (κ3) is 6.61. The maximum atomic E-state index is 13.8. The van der Waals surface area contributed by atoms with Crippen LogP contribution in [0.4, 0.5) is 5.69 Å². The Kier molecular flexibility index (Phi) is 8.29. The summed E-state index contributed by atoms with van der Waals surface area (Å²) >= 11 is 0. The molecule has 1 N–H and O–H groups in total. The van der Waals surface area contributed by atoms with Crippen molar-refractivity contribution in [2.75, 3.05) is 11.9 Å². The van der Waals surface area contributed by atoms with Crippen molar-refractivity contribution in [3.63, 3.8) is 0 Å². The third-order valence-corrected chi connectivity index (χ3v) is 12.3. The molecule has 0 aliphatic carbocycles. The number of carbonyl (C=O) groups is 2. The van der Waals surface area contributed by atoms with Gasteiger partial charge in [-0.25, -0.2) is 0 Å². The van der Waals surface area contributed by atoms with Crippen LogP contribution in [0.1, 0.15) is 61.7 Å². The average molecular weight is 568 g/mol. The normalized spacial score (nSPS) is 12.2. The fraction of sp³-hybridized carbons (Fsp3) is 0.344. The summed E-state index contributed by atoms with van der Waals surface area (Å²) in [6, 6.07) is 12.5. The first kappa shape index (κ1) is 29.8. The van der Waals surface area contributed by atoms with Gasteiger partial charge in [0.05, 0.1) is 47.6 Å². The van der Waals surface area contributed by atoms with Crippen molar-refractivity contribution >= 4 is 36.6 Å². The number of carbonyl (C=O) groups excluding carboxylic acids is 2. The summed E-state index contributed by atoms with van der Waals surface area (Å²) in [5.41, 5.74) is 3.09. The van der Waals surface area contributed by atoms with Crippen LogP contribution >= 0.6 is 0 Å². The molecule has 0 bridgehead atoms. The minimum Gasteiger partial charge on any atom is -0.414 e. The standard InChI is InChI=1S/C32H37N5O3Si/c1-31(2,3)41(6,7)40-21-32(4,5)37-20-27(26-19-34-13-12-28(26)37)30(39)24-15-25(18-35-17-24)36-29(38)14-22-8-10-23(16-33)11-9-22/h8-13,15,17-20H,14,21H2,1-7H3,(H,36,38). The topological polar surface area (TPSA) is 110 Å². The van der Waals surface area contributed by atoms with E-state index in [4.69, 9.17) is 9.69 Å². The van der Waals surface area contributed by atoms with E-state index in [0.717, 1.165) is 16.5 Å². The number of nitrogens with one attached hydrogen (secondary N) is 1. The van der Waals surface area contributed by atoms with E-state index in [2.05, 4.69) is 73.6 Å². The van der Waals surface area contributed by atoms with Gasteiger partial charge in [-0.15, -0.1) is 0 Å².